The molecule has 0 bridgehead atoms. The molecule has 1 unspecified atom stereocenters. The first kappa shape index (κ1) is 19.9. The fourth-order valence-electron chi connectivity index (χ4n) is 2.36. The minimum Gasteiger partial charge on any atom is -0.402 e. The molecule has 1 atom stereocenters. The summed E-state index contributed by atoms with van der Waals surface area (Å²) in [7, 11) is -1.45. The van der Waals surface area contributed by atoms with Crippen molar-refractivity contribution in [2.75, 3.05) is 17.7 Å². The number of nitrogens with two attached hydrogens (primary N) is 3. The van der Waals surface area contributed by atoms with Gasteiger partial charge in [0, 0.05) is 24.1 Å². The third-order valence-electron chi connectivity index (χ3n) is 3.90. The lowest BCUT2D eigenvalue weighted by Crippen LogP contribution is -2.23. The van der Waals surface area contributed by atoms with E-state index in [4.69, 9.17) is 17.2 Å². The van der Waals surface area contributed by atoms with E-state index in [2.05, 4.69) is 5.32 Å². The number of thiophene rings is 1. The zero-order valence-electron chi connectivity index (χ0n) is 14.7. The van der Waals surface area contributed by atoms with Crippen molar-refractivity contribution in [1.29, 1.82) is 0 Å². The van der Waals surface area contributed by atoms with Crippen LogP contribution in [0.5, 0.6) is 0 Å². The Bertz CT molecular complexity index is 918. The average molecular weight is 397 g/mol. The molecule has 0 saturated heterocycles. The summed E-state index contributed by atoms with van der Waals surface area (Å²) in [5, 5.41) is 3.13. The zero-order valence-corrected chi connectivity index (χ0v) is 16.3. The van der Waals surface area contributed by atoms with E-state index in [9.17, 15) is 13.4 Å². The molecule has 26 heavy (non-hydrogen) atoms. The quantitative estimate of drug-likeness (QED) is 0.618. The average Bonchev–Trinajstić information content (AvgIpc) is 2.87. The molecule has 2 rings (SSSR count). The van der Waals surface area contributed by atoms with Gasteiger partial charge < -0.3 is 22.5 Å². The number of rotatable bonds is 5. The molecule has 6 nitrogen and oxygen atoms in total. The Morgan fingerprint density at radius 3 is 2.54 bits per heavy atom. The third kappa shape index (κ3) is 4.05. The van der Waals surface area contributed by atoms with Gasteiger partial charge in [0.1, 0.15) is 10.7 Å². The van der Waals surface area contributed by atoms with Crippen LogP contribution in [0.1, 0.15) is 34.6 Å². The van der Waals surface area contributed by atoms with E-state index in [-0.39, 0.29) is 17.1 Å². The molecule has 1 aromatic carbocycles. The largest absolute Gasteiger partial charge is 0.402 e. The van der Waals surface area contributed by atoms with Crippen molar-refractivity contribution >= 4 is 44.3 Å². The first-order chi connectivity index (χ1) is 12.1. The maximum Gasteiger partial charge on any atom is 0.263 e. The van der Waals surface area contributed by atoms with E-state index < -0.39 is 22.5 Å². The molecule has 0 aliphatic carbocycles. The van der Waals surface area contributed by atoms with Gasteiger partial charge in [-0.25, -0.2) is 4.39 Å². The van der Waals surface area contributed by atoms with Crippen LogP contribution in [0.4, 0.5) is 15.1 Å². The Morgan fingerprint density at radius 1 is 1.31 bits per heavy atom. The van der Waals surface area contributed by atoms with Gasteiger partial charge in [0.25, 0.3) is 5.91 Å². The van der Waals surface area contributed by atoms with Gasteiger partial charge in [0.05, 0.1) is 26.4 Å². The molecule has 0 radical (unpaired) electrons. The summed E-state index contributed by atoms with van der Waals surface area (Å²) in [6, 6.07) is 4.22. The summed E-state index contributed by atoms with van der Waals surface area (Å²) in [4.78, 5) is 12.9. The highest BCUT2D eigenvalue weighted by Gasteiger charge is 2.21. The highest BCUT2D eigenvalue weighted by molar-refractivity contribution is 7.84. The Balaban J connectivity index is 2.22. The normalized spacial score (nSPS) is 13.2. The van der Waals surface area contributed by atoms with Gasteiger partial charge in [-0.15, -0.1) is 11.3 Å². The number of benzene rings is 1. The maximum absolute atomic E-state index is 13.6. The van der Waals surface area contributed by atoms with Crippen LogP contribution in [0.15, 0.2) is 28.8 Å². The molecule has 0 fully saturated rings. The molecule has 2 aromatic rings. The van der Waals surface area contributed by atoms with Crippen LogP contribution in [-0.4, -0.2) is 16.4 Å². The lowest BCUT2D eigenvalue weighted by atomic mass is 10.1. The number of allylic oxidation sites excluding steroid dienone is 2. The Hall–Kier alpha value is -2.39. The summed E-state index contributed by atoms with van der Waals surface area (Å²) in [6.07, 6.45) is 1.40. The van der Waals surface area contributed by atoms with E-state index in [1.807, 2.05) is 0 Å². The van der Waals surface area contributed by atoms with E-state index in [1.54, 1.807) is 13.8 Å². The standard InChI is InChI=1S/C17H21FN4O2S2/c1-8(9(2)19)13-14(20)15(25-16(13)21)17(23)22-7-10-4-5-11(18)12(6-10)26(3)24/h4-6H,7,19-21H2,1-3H3,(H,22,23)/b9-8-. The molecule has 0 aliphatic rings. The number of amides is 1. The molecule has 1 amide bonds. The molecule has 0 aliphatic heterocycles. The van der Waals surface area contributed by atoms with Crippen molar-refractivity contribution in [1.82, 2.24) is 5.32 Å². The molecule has 0 saturated carbocycles. The molecule has 7 N–H and O–H groups in total. The van der Waals surface area contributed by atoms with Gasteiger partial charge in [-0.05, 0) is 37.1 Å². The lowest BCUT2D eigenvalue weighted by Gasteiger charge is -2.08. The van der Waals surface area contributed by atoms with Gasteiger partial charge in [0.2, 0.25) is 0 Å². The SMILES string of the molecule is C/C(N)=C(\C)c1c(N)sc(C(=O)NCc2ccc(F)c(S(C)=O)c2)c1N. The molecule has 9 heteroatoms. The van der Waals surface area contributed by atoms with Crippen molar-refractivity contribution < 1.29 is 13.4 Å². The van der Waals surface area contributed by atoms with Gasteiger partial charge in [-0.3, -0.25) is 9.00 Å². The summed E-state index contributed by atoms with van der Waals surface area (Å²) < 4.78 is 25.1. The second kappa shape index (κ2) is 7.88. The number of nitrogens with one attached hydrogen (secondary N) is 1. The lowest BCUT2D eigenvalue weighted by molar-refractivity contribution is 0.0955. The molecule has 1 aromatic heterocycles. The fraction of sp³-hybridized carbons (Fsp3) is 0.235. The van der Waals surface area contributed by atoms with Gasteiger partial charge >= 0.3 is 0 Å². The van der Waals surface area contributed by atoms with Crippen molar-refractivity contribution in [3.8, 4) is 0 Å². The number of halogens is 1. The van der Waals surface area contributed by atoms with Crippen LogP contribution in [0.2, 0.25) is 0 Å². The number of anilines is 2. The van der Waals surface area contributed by atoms with Gasteiger partial charge in [-0.2, -0.15) is 0 Å². The smallest absolute Gasteiger partial charge is 0.263 e. The molecule has 0 spiro atoms. The molecular weight excluding hydrogens is 375 g/mol. The predicted octanol–water partition coefficient (Wildman–Crippen LogP) is 2.43. The maximum atomic E-state index is 13.6. The minimum absolute atomic E-state index is 0.0955. The minimum atomic E-state index is -1.45. The van der Waals surface area contributed by atoms with Crippen molar-refractivity contribution in [3.63, 3.8) is 0 Å². The van der Waals surface area contributed by atoms with E-state index in [1.165, 1.54) is 24.5 Å². The van der Waals surface area contributed by atoms with Crippen molar-refractivity contribution in [2.45, 2.75) is 25.3 Å². The summed E-state index contributed by atoms with van der Waals surface area (Å²) in [5.41, 5.74) is 20.6. The van der Waals surface area contributed by atoms with Gasteiger partial charge in [-0.1, -0.05) is 6.07 Å². The van der Waals surface area contributed by atoms with Crippen LogP contribution < -0.4 is 22.5 Å². The monoisotopic (exact) mass is 396 g/mol. The first-order valence-electron chi connectivity index (χ1n) is 7.64. The van der Waals surface area contributed by atoms with Crippen LogP contribution in [-0.2, 0) is 17.3 Å². The van der Waals surface area contributed by atoms with Crippen LogP contribution in [0.3, 0.4) is 0 Å². The Morgan fingerprint density at radius 2 is 1.96 bits per heavy atom. The number of carbonyl (C=O) groups excluding carboxylic acids is 1. The molecule has 140 valence electrons. The molecular formula is C17H21FN4O2S2. The van der Waals surface area contributed by atoms with Gasteiger partial charge in [0.15, 0.2) is 0 Å². The summed E-state index contributed by atoms with van der Waals surface area (Å²) in [6.45, 7) is 3.66. The Labute approximate surface area is 157 Å². The Kier molecular flexibility index (Phi) is 6.04. The topological polar surface area (TPSA) is 124 Å². The highest BCUT2D eigenvalue weighted by Crippen LogP contribution is 2.38. The number of nitrogen functional groups attached to an aromatic ring is 2. The van der Waals surface area contributed by atoms with E-state index in [0.29, 0.717) is 26.7 Å². The first-order valence-corrected chi connectivity index (χ1v) is 10.0. The number of hydrogen-bond donors (Lipinski definition) is 4. The van der Waals surface area contributed by atoms with Crippen LogP contribution >= 0.6 is 11.3 Å². The second-order valence-electron chi connectivity index (χ2n) is 5.79. The fourth-order valence-corrected chi connectivity index (χ4v) is 3.98. The molecule has 1 heterocycles. The highest BCUT2D eigenvalue weighted by atomic mass is 32.2. The predicted molar refractivity (Wildman–Crippen MR) is 106 cm³/mol. The number of carbonyl (C=O) groups is 1. The van der Waals surface area contributed by atoms with Crippen molar-refractivity contribution in [2.24, 2.45) is 5.73 Å². The summed E-state index contributed by atoms with van der Waals surface area (Å²) >= 11 is 1.08. The number of hydrogen-bond acceptors (Lipinski definition) is 6. The summed E-state index contributed by atoms with van der Waals surface area (Å²) in [5.74, 6) is -0.934. The van der Waals surface area contributed by atoms with Crippen LogP contribution in [0.25, 0.3) is 5.57 Å². The zero-order chi connectivity index (χ0) is 19.6. The third-order valence-corrected chi connectivity index (χ3v) is 5.87. The second-order valence-corrected chi connectivity index (χ2v) is 8.19. The van der Waals surface area contributed by atoms with Crippen molar-refractivity contribution in [3.05, 3.63) is 45.7 Å². The van der Waals surface area contributed by atoms with E-state index in [0.717, 1.165) is 16.9 Å². The van der Waals surface area contributed by atoms with E-state index >= 15 is 0 Å². The van der Waals surface area contributed by atoms with Crippen LogP contribution in [0, 0.1) is 5.82 Å².